The third-order valence-electron chi connectivity index (χ3n) is 4.87. The number of halogens is 14. The molecular formula is C16H16F14N2S3. The van der Waals surface area contributed by atoms with E-state index < -0.39 is 72.2 Å². The van der Waals surface area contributed by atoms with E-state index in [-0.39, 0.29) is 10.1 Å². The van der Waals surface area contributed by atoms with Crippen molar-refractivity contribution in [1.29, 1.82) is 0 Å². The molecule has 0 aromatic carbocycles. The molecule has 0 fully saturated rings. The Bertz CT molecular complexity index is 991. The van der Waals surface area contributed by atoms with Gasteiger partial charge in [-0.2, -0.15) is 61.5 Å². The molecular weight excluding hydrogens is 582 g/mol. The summed E-state index contributed by atoms with van der Waals surface area (Å²) in [5, 5.41) is -0.442. The summed E-state index contributed by atoms with van der Waals surface area (Å²) in [6.07, 6.45) is -2.46. The highest BCUT2D eigenvalue weighted by Crippen LogP contribution is 2.62. The lowest BCUT2D eigenvalue weighted by Crippen LogP contribution is -2.72. The van der Waals surface area contributed by atoms with Crippen molar-refractivity contribution in [2.45, 2.75) is 91.3 Å². The van der Waals surface area contributed by atoms with Gasteiger partial charge in [0.05, 0.1) is 0 Å². The maximum absolute atomic E-state index is 14.1. The average molecular weight is 598 g/mol. The fourth-order valence-corrected chi connectivity index (χ4v) is 4.08. The first-order valence-electron chi connectivity index (χ1n) is 9.02. The van der Waals surface area contributed by atoms with E-state index in [0.29, 0.717) is 4.57 Å². The monoisotopic (exact) mass is 598 g/mol. The summed E-state index contributed by atoms with van der Waals surface area (Å²) in [5.41, 5.74) is 0. The van der Waals surface area contributed by atoms with Crippen molar-refractivity contribution in [3.05, 3.63) is 4.77 Å². The van der Waals surface area contributed by atoms with Gasteiger partial charge in [-0.25, -0.2) is 0 Å². The first-order chi connectivity index (χ1) is 15.1. The van der Waals surface area contributed by atoms with Gasteiger partial charge >= 0.3 is 41.5 Å². The number of nitrogens with zero attached hydrogens (tertiary/aromatic N) is 2. The Hall–Kier alpha value is -0.850. The molecule has 0 atom stereocenters. The number of imidazole rings is 1. The smallest absolute Gasteiger partial charge is 0.311 e. The Balaban J connectivity index is 3.48. The molecule has 0 saturated carbocycles. The molecule has 1 aromatic rings. The van der Waals surface area contributed by atoms with Crippen molar-refractivity contribution in [2.75, 3.05) is 0 Å². The fourth-order valence-electron chi connectivity index (χ4n) is 2.71. The molecule has 0 spiro atoms. The molecule has 0 aliphatic rings. The number of hydrogen-bond acceptors (Lipinski definition) is 3. The Labute approximate surface area is 204 Å². The molecule has 2 nitrogen and oxygen atoms in total. The summed E-state index contributed by atoms with van der Waals surface area (Å²) in [5.74, 6) is -51.1. The first-order valence-corrected chi connectivity index (χ1v) is 10.3. The molecule has 0 amide bonds. The molecule has 0 unspecified atom stereocenters. The number of aromatic nitrogens is 2. The molecule has 1 heterocycles. The predicted octanol–water partition coefficient (Wildman–Crippen LogP) is 8.03. The van der Waals surface area contributed by atoms with Crippen molar-refractivity contribution in [2.24, 2.45) is 0 Å². The highest BCUT2D eigenvalue weighted by molar-refractivity contribution is 7.83. The van der Waals surface area contributed by atoms with E-state index in [1.807, 2.05) is 0 Å². The standard InChI is InChI=1S/C16H16F14N2S3/c1-6(2)32-8(34)7(33)31(9(32)35)5-4-11(19,20)13(23,24)15(27,28)16(29,30)14(25,26)12(21,22)10(3,17)18/h6,33-34H,4-5H2,1-3H3. The van der Waals surface area contributed by atoms with Gasteiger partial charge in [-0.05, 0) is 26.1 Å². The molecule has 19 heteroatoms. The van der Waals surface area contributed by atoms with Crippen LogP contribution in [0.2, 0.25) is 0 Å². The van der Waals surface area contributed by atoms with E-state index in [1.165, 1.54) is 13.8 Å². The van der Waals surface area contributed by atoms with Gasteiger partial charge in [-0.1, -0.05) is 0 Å². The lowest BCUT2D eigenvalue weighted by atomic mass is 9.89. The Morgan fingerprint density at radius 2 is 1.06 bits per heavy atom. The lowest BCUT2D eigenvalue weighted by Gasteiger charge is -2.42. The van der Waals surface area contributed by atoms with Crippen LogP contribution in [0.5, 0.6) is 0 Å². The van der Waals surface area contributed by atoms with E-state index in [1.54, 1.807) is 0 Å². The van der Waals surface area contributed by atoms with E-state index in [2.05, 4.69) is 25.3 Å². The van der Waals surface area contributed by atoms with Crippen molar-refractivity contribution in [1.82, 2.24) is 9.13 Å². The van der Waals surface area contributed by atoms with Gasteiger partial charge in [-0.3, -0.25) is 0 Å². The van der Waals surface area contributed by atoms with Crippen LogP contribution >= 0.6 is 37.5 Å². The second-order valence-electron chi connectivity index (χ2n) is 7.76. The number of alkyl halides is 14. The number of thiol groups is 2. The Morgan fingerprint density at radius 1 is 0.686 bits per heavy atom. The Kier molecular flexibility index (Phi) is 8.42. The van der Waals surface area contributed by atoms with E-state index in [4.69, 9.17) is 12.2 Å². The highest BCUT2D eigenvalue weighted by Gasteiger charge is 2.92. The van der Waals surface area contributed by atoms with Crippen molar-refractivity contribution in [3.8, 4) is 0 Å². The largest absolute Gasteiger partial charge is 0.384 e. The summed E-state index contributed by atoms with van der Waals surface area (Å²) < 4.78 is 191. The summed E-state index contributed by atoms with van der Waals surface area (Å²) in [6, 6.07) is -0.507. The van der Waals surface area contributed by atoms with Crippen LogP contribution in [0.15, 0.2) is 10.1 Å². The maximum atomic E-state index is 14.1. The molecule has 1 aromatic heterocycles. The third-order valence-corrected chi connectivity index (χ3v) is 6.35. The van der Waals surface area contributed by atoms with E-state index in [0.717, 1.165) is 4.57 Å². The summed E-state index contributed by atoms with van der Waals surface area (Å²) in [7, 11) is 0. The topological polar surface area (TPSA) is 9.86 Å². The van der Waals surface area contributed by atoms with Crippen molar-refractivity contribution < 1.29 is 61.5 Å². The highest BCUT2D eigenvalue weighted by atomic mass is 32.1. The SMILES string of the molecule is CC(C)n1c(S)c(S)n(CCC(F)(F)C(F)(F)C(F)(F)C(F)(F)C(F)(F)C(F)(F)C(C)(F)F)c1=S. The van der Waals surface area contributed by atoms with Gasteiger partial charge in [0.1, 0.15) is 10.1 Å². The van der Waals surface area contributed by atoms with Crippen LogP contribution in [0.4, 0.5) is 61.5 Å². The van der Waals surface area contributed by atoms with Crippen molar-refractivity contribution in [3.63, 3.8) is 0 Å². The van der Waals surface area contributed by atoms with Crippen LogP contribution in [0.3, 0.4) is 0 Å². The van der Waals surface area contributed by atoms with Crippen LogP contribution in [0.25, 0.3) is 0 Å². The predicted molar refractivity (Wildman–Crippen MR) is 103 cm³/mol. The zero-order valence-corrected chi connectivity index (χ0v) is 20.1. The van der Waals surface area contributed by atoms with Crippen LogP contribution in [0, 0.1) is 4.77 Å². The first kappa shape index (κ1) is 32.2. The fraction of sp³-hybridized carbons (Fsp3) is 0.812. The van der Waals surface area contributed by atoms with Crippen LogP contribution in [-0.4, -0.2) is 50.6 Å². The van der Waals surface area contributed by atoms with Gasteiger partial charge in [0.25, 0.3) is 0 Å². The van der Waals surface area contributed by atoms with Crippen LogP contribution < -0.4 is 0 Å². The van der Waals surface area contributed by atoms with Gasteiger partial charge in [0, 0.05) is 25.9 Å². The average Bonchev–Trinajstić information content (AvgIpc) is 2.86. The third kappa shape index (κ3) is 4.65. The minimum absolute atomic E-state index is 0.0948. The minimum atomic E-state index is -8.07. The quantitative estimate of drug-likeness (QED) is 0.158. The van der Waals surface area contributed by atoms with Gasteiger partial charge in [-0.15, -0.1) is 25.3 Å². The minimum Gasteiger partial charge on any atom is -0.311 e. The molecule has 0 aliphatic heterocycles. The van der Waals surface area contributed by atoms with Gasteiger partial charge in [0.15, 0.2) is 4.77 Å². The summed E-state index contributed by atoms with van der Waals surface area (Å²) >= 11 is 12.7. The lowest BCUT2D eigenvalue weighted by molar-refractivity contribution is -0.440. The summed E-state index contributed by atoms with van der Waals surface area (Å²) in [4.78, 5) is 0. The molecule has 35 heavy (non-hydrogen) atoms. The number of rotatable bonds is 10. The number of hydrogen-bond donors (Lipinski definition) is 2. The molecule has 0 aliphatic carbocycles. The van der Waals surface area contributed by atoms with Crippen molar-refractivity contribution >= 4 is 37.5 Å². The molecule has 1 rings (SSSR count). The van der Waals surface area contributed by atoms with E-state index in [9.17, 15) is 61.5 Å². The molecule has 0 bridgehead atoms. The van der Waals surface area contributed by atoms with E-state index >= 15 is 0 Å². The second kappa shape index (κ2) is 9.16. The molecule has 0 radical (unpaired) electrons. The molecule has 0 N–H and O–H groups in total. The van der Waals surface area contributed by atoms with Gasteiger partial charge in [0.2, 0.25) is 0 Å². The zero-order chi connectivity index (χ0) is 28.4. The second-order valence-corrected chi connectivity index (χ2v) is 8.97. The molecule has 206 valence electrons. The molecule has 0 saturated heterocycles. The zero-order valence-electron chi connectivity index (χ0n) is 17.5. The van der Waals surface area contributed by atoms with Crippen LogP contribution in [-0.2, 0) is 6.54 Å². The Morgan fingerprint density at radius 3 is 1.40 bits per heavy atom. The summed E-state index contributed by atoms with van der Waals surface area (Å²) in [6.45, 7) is 0.511. The van der Waals surface area contributed by atoms with Crippen LogP contribution in [0.1, 0.15) is 33.2 Å². The van der Waals surface area contributed by atoms with Gasteiger partial charge < -0.3 is 9.13 Å². The normalized spacial score (nSPS) is 15.3. The maximum Gasteiger partial charge on any atom is 0.384 e.